The highest BCUT2D eigenvalue weighted by molar-refractivity contribution is 7.89. The van der Waals surface area contributed by atoms with Gasteiger partial charge in [-0.1, -0.05) is 6.07 Å². The molecule has 1 aliphatic rings. The molecule has 1 amide bonds. The fourth-order valence-electron chi connectivity index (χ4n) is 2.88. The van der Waals surface area contributed by atoms with Crippen LogP contribution < -0.4 is 5.32 Å². The van der Waals surface area contributed by atoms with E-state index in [4.69, 9.17) is 0 Å². The Morgan fingerprint density at radius 2 is 2.19 bits per heavy atom. The van der Waals surface area contributed by atoms with Gasteiger partial charge in [-0.05, 0) is 25.0 Å². The predicted octanol–water partition coefficient (Wildman–Crippen LogP) is 0.381. The molecule has 1 N–H and O–H groups in total. The normalized spacial score (nSPS) is 18.6. The highest BCUT2D eigenvalue weighted by atomic mass is 32.2. The largest absolute Gasteiger partial charge is 0.468 e. The van der Waals surface area contributed by atoms with E-state index in [1.807, 2.05) is 0 Å². The van der Waals surface area contributed by atoms with Crippen LogP contribution in [0.1, 0.15) is 12.8 Å². The number of fused-ring (bicyclic) bond motifs is 1. The second-order valence-electron chi connectivity index (χ2n) is 5.88. The molecule has 0 bridgehead atoms. The lowest BCUT2D eigenvalue weighted by Gasteiger charge is -2.31. The minimum absolute atomic E-state index is 0.0588. The van der Waals surface area contributed by atoms with Crippen LogP contribution in [0.15, 0.2) is 23.1 Å². The van der Waals surface area contributed by atoms with Crippen molar-refractivity contribution in [3.8, 4) is 0 Å². The van der Waals surface area contributed by atoms with Gasteiger partial charge >= 0.3 is 5.97 Å². The summed E-state index contributed by atoms with van der Waals surface area (Å²) >= 11 is 0.956. The molecule has 0 unspecified atom stereocenters. The van der Waals surface area contributed by atoms with E-state index in [0.29, 0.717) is 30.4 Å². The molecule has 140 valence electrons. The Bertz CT molecular complexity index is 927. The minimum atomic E-state index is -3.80. The summed E-state index contributed by atoms with van der Waals surface area (Å²) < 4.78 is 40.0. The molecule has 1 aliphatic heterocycles. The molecule has 11 heteroatoms. The first-order valence-corrected chi connectivity index (χ1v) is 10.2. The summed E-state index contributed by atoms with van der Waals surface area (Å²) in [5.74, 6) is -1.43. The van der Waals surface area contributed by atoms with Crippen molar-refractivity contribution in [2.75, 3.05) is 26.7 Å². The van der Waals surface area contributed by atoms with Gasteiger partial charge in [0.05, 0.1) is 24.8 Å². The lowest BCUT2D eigenvalue weighted by atomic mass is 9.99. The average molecular weight is 398 g/mol. The van der Waals surface area contributed by atoms with Crippen LogP contribution in [0.4, 0.5) is 0 Å². The van der Waals surface area contributed by atoms with Gasteiger partial charge in [-0.2, -0.15) is 13.1 Å². The first kappa shape index (κ1) is 18.7. The van der Waals surface area contributed by atoms with Crippen molar-refractivity contribution in [2.24, 2.45) is 5.92 Å². The van der Waals surface area contributed by atoms with E-state index >= 15 is 0 Å². The second-order valence-corrected chi connectivity index (χ2v) is 8.32. The number of hydrogen-bond acceptors (Lipinski definition) is 8. The van der Waals surface area contributed by atoms with Crippen molar-refractivity contribution in [3.63, 3.8) is 0 Å². The summed E-state index contributed by atoms with van der Waals surface area (Å²) in [5.41, 5.74) is 0.871. The monoisotopic (exact) mass is 398 g/mol. The average Bonchev–Trinajstić information content (AvgIpc) is 3.14. The third kappa shape index (κ3) is 3.69. The molecular formula is C15H18N4O5S2. The standard InChI is InChI=1S/C15H18N4O5S2/c1-24-13(20)8-16-15(21)10-4-3-7-19(9-10)26(22,23)12-6-2-5-11-14(12)18-25-17-11/h2,5-6,10H,3-4,7-9H2,1H3,(H,16,21)/t10-/m1/s1. The number of sulfonamides is 1. The summed E-state index contributed by atoms with van der Waals surface area (Å²) in [7, 11) is -2.56. The molecule has 1 atom stereocenters. The Morgan fingerprint density at radius 3 is 2.96 bits per heavy atom. The van der Waals surface area contributed by atoms with Crippen molar-refractivity contribution < 1.29 is 22.7 Å². The van der Waals surface area contributed by atoms with Crippen LogP contribution in [0.3, 0.4) is 0 Å². The predicted molar refractivity (Wildman–Crippen MR) is 93.9 cm³/mol. The van der Waals surface area contributed by atoms with E-state index in [0.717, 1.165) is 11.7 Å². The lowest BCUT2D eigenvalue weighted by Crippen LogP contribution is -2.46. The van der Waals surface area contributed by atoms with E-state index in [1.165, 1.54) is 17.5 Å². The molecule has 2 aromatic rings. The number of piperidine rings is 1. The molecule has 1 aromatic heterocycles. The molecule has 9 nitrogen and oxygen atoms in total. The van der Waals surface area contributed by atoms with Gasteiger partial charge in [-0.25, -0.2) is 8.42 Å². The zero-order valence-corrected chi connectivity index (χ0v) is 15.7. The maximum absolute atomic E-state index is 13.0. The molecule has 3 rings (SSSR count). The summed E-state index contributed by atoms with van der Waals surface area (Å²) in [5, 5.41) is 2.48. The fraction of sp³-hybridized carbons (Fsp3) is 0.467. The van der Waals surface area contributed by atoms with Crippen LogP contribution in [0.25, 0.3) is 11.0 Å². The Kier molecular flexibility index (Phi) is 5.49. The first-order valence-electron chi connectivity index (χ1n) is 7.99. The minimum Gasteiger partial charge on any atom is -0.468 e. The van der Waals surface area contributed by atoms with E-state index in [9.17, 15) is 18.0 Å². The van der Waals surface area contributed by atoms with E-state index < -0.39 is 21.9 Å². The van der Waals surface area contributed by atoms with E-state index in [2.05, 4.69) is 18.8 Å². The number of amides is 1. The van der Waals surface area contributed by atoms with E-state index in [1.54, 1.807) is 12.1 Å². The number of carbonyl (C=O) groups is 2. The zero-order valence-electron chi connectivity index (χ0n) is 14.0. The number of ether oxygens (including phenoxy) is 1. The number of esters is 1. The van der Waals surface area contributed by atoms with Crippen molar-refractivity contribution in [3.05, 3.63) is 18.2 Å². The van der Waals surface area contributed by atoms with Crippen LogP contribution in [0.5, 0.6) is 0 Å². The van der Waals surface area contributed by atoms with Gasteiger partial charge in [0.15, 0.2) is 0 Å². The Morgan fingerprint density at radius 1 is 1.38 bits per heavy atom. The molecule has 1 fully saturated rings. The summed E-state index contributed by atoms with van der Waals surface area (Å²) in [6.45, 7) is 0.156. The van der Waals surface area contributed by atoms with Crippen molar-refractivity contribution in [1.82, 2.24) is 18.4 Å². The molecule has 0 spiro atoms. The first-order chi connectivity index (χ1) is 12.4. The maximum atomic E-state index is 13.0. The fourth-order valence-corrected chi connectivity index (χ4v) is 5.16. The van der Waals surface area contributed by atoms with Crippen molar-refractivity contribution >= 4 is 44.7 Å². The number of nitrogens with one attached hydrogen (secondary N) is 1. The van der Waals surface area contributed by atoms with Crippen molar-refractivity contribution in [2.45, 2.75) is 17.7 Å². The topological polar surface area (TPSA) is 119 Å². The molecule has 0 radical (unpaired) electrons. The van der Waals surface area contributed by atoms with Crippen LogP contribution in [0.2, 0.25) is 0 Å². The highest BCUT2D eigenvalue weighted by Crippen LogP contribution is 2.28. The van der Waals surface area contributed by atoms with E-state index in [-0.39, 0.29) is 23.9 Å². The van der Waals surface area contributed by atoms with Gasteiger partial charge in [0.1, 0.15) is 22.5 Å². The summed E-state index contributed by atoms with van der Waals surface area (Å²) in [6, 6.07) is 4.83. The number of hydrogen-bond donors (Lipinski definition) is 1. The Labute approximate surface area is 154 Å². The molecular weight excluding hydrogens is 380 g/mol. The molecule has 1 aromatic carbocycles. The third-order valence-electron chi connectivity index (χ3n) is 4.26. The number of benzene rings is 1. The molecule has 0 aliphatic carbocycles. The molecule has 2 heterocycles. The van der Waals surface area contributed by atoms with Crippen LogP contribution in [-0.4, -0.2) is 60.1 Å². The van der Waals surface area contributed by atoms with Gasteiger partial charge < -0.3 is 10.1 Å². The maximum Gasteiger partial charge on any atom is 0.325 e. The number of aromatic nitrogens is 2. The van der Waals surface area contributed by atoms with Gasteiger partial charge in [-0.15, -0.1) is 0 Å². The van der Waals surface area contributed by atoms with Gasteiger partial charge in [0.25, 0.3) is 0 Å². The van der Waals surface area contributed by atoms with Gasteiger partial charge in [-0.3, -0.25) is 9.59 Å². The molecule has 26 heavy (non-hydrogen) atoms. The number of methoxy groups -OCH3 is 1. The Balaban J connectivity index is 1.77. The quantitative estimate of drug-likeness (QED) is 0.723. The Hall–Kier alpha value is -2.11. The SMILES string of the molecule is COC(=O)CNC(=O)[C@@H]1CCCN(S(=O)(=O)c2cccc3nsnc23)C1. The van der Waals surface area contributed by atoms with Crippen LogP contribution >= 0.6 is 11.7 Å². The number of carbonyl (C=O) groups excluding carboxylic acids is 2. The zero-order chi connectivity index (χ0) is 18.7. The molecule has 0 saturated carbocycles. The smallest absolute Gasteiger partial charge is 0.325 e. The van der Waals surface area contributed by atoms with Gasteiger partial charge in [0.2, 0.25) is 15.9 Å². The number of rotatable bonds is 5. The van der Waals surface area contributed by atoms with Crippen molar-refractivity contribution in [1.29, 1.82) is 0 Å². The van der Waals surface area contributed by atoms with Crippen LogP contribution in [0, 0.1) is 5.92 Å². The number of nitrogens with zero attached hydrogens (tertiary/aromatic N) is 3. The second kappa shape index (κ2) is 7.64. The van der Waals surface area contributed by atoms with Crippen LogP contribution in [-0.2, 0) is 24.3 Å². The third-order valence-corrected chi connectivity index (χ3v) is 6.70. The summed E-state index contributed by atoms with van der Waals surface area (Å²) in [6.07, 6.45) is 1.11. The lowest BCUT2D eigenvalue weighted by molar-refractivity contribution is -0.141. The summed E-state index contributed by atoms with van der Waals surface area (Å²) in [4.78, 5) is 23.5. The van der Waals surface area contributed by atoms with Gasteiger partial charge in [0, 0.05) is 13.1 Å². The highest BCUT2D eigenvalue weighted by Gasteiger charge is 2.34. The molecule has 1 saturated heterocycles.